The summed E-state index contributed by atoms with van der Waals surface area (Å²) in [6.07, 6.45) is 0. The highest BCUT2D eigenvalue weighted by molar-refractivity contribution is 5.92. The first-order valence-electron chi connectivity index (χ1n) is 9.32. The Hall–Kier alpha value is -3.93. The van der Waals surface area contributed by atoms with Crippen LogP contribution in [-0.2, 0) is 11.3 Å². The van der Waals surface area contributed by atoms with Gasteiger partial charge in [0.2, 0.25) is 5.91 Å². The van der Waals surface area contributed by atoms with Crippen LogP contribution in [0.15, 0.2) is 78.9 Å². The van der Waals surface area contributed by atoms with E-state index in [-0.39, 0.29) is 12.5 Å². The fourth-order valence-corrected chi connectivity index (χ4v) is 3.06. The van der Waals surface area contributed by atoms with Gasteiger partial charge in [-0.25, -0.2) is 9.67 Å². The molecule has 3 aromatic carbocycles. The first-order chi connectivity index (χ1) is 14.1. The van der Waals surface area contributed by atoms with Gasteiger partial charge in [0, 0.05) is 22.5 Å². The van der Waals surface area contributed by atoms with Crippen molar-refractivity contribution < 1.29 is 4.79 Å². The molecule has 0 spiro atoms. The predicted octanol–water partition coefficient (Wildman–Crippen LogP) is 4.14. The van der Waals surface area contributed by atoms with Gasteiger partial charge < -0.3 is 11.1 Å². The first-order valence-corrected chi connectivity index (χ1v) is 9.32. The molecule has 3 N–H and O–H groups in total. The summed E-state index contributed by atoms with van der Waals surface area (Å²) >= 11 is 0. The quantitative estimate of drug-likeness (QED) is 0.507. The number of nitrogens with zero attached hydrogens (tertiary/aromatic N) is 3. The number of anilines is 2. The molecule has 0 aliphatic rings. The van der Waals surface area contributed by atoms with Gasteiger partial charge >= 0.3 is 0 Å². The summed E-state index contributed by atoms with van der Waals surface area (Å²) in [6, 6.07) is 24.9. The van der Waals surface area contributed by atoms with E-state index < -0.39 is 0 Å². The molecule has 0 saturated carbocycles. The Bertz CT molecular complexity index is 1140. The minimum absolute atomic E-state index is 0.0400. The summed E-state index contributed by atoms with van der Waals surface area (Å²) in [5.74, 6) is 1.03. The van der Waals surface area contributed by atoms with Crippen molar-refractivity contribution in [3.63, 3.8) is 0 Å². The monoisotopic (exact) mass is 383 g/mol. The van der Waals surface area contributed by atoms with Gasteiger partial charge in [0.25, 0.3) is 0 Å². The summed E-state index contributed by atoms with van der Waals surface area (Å²) in [5.41, 5.74) is 9.88. The van der Waals surface area contributed by atoms with E-state index in [0.29, 0.717) is 23.0 Å². The molecule has 0 unspecified atom stereocenters. The van der Waals surface area contributed by atoms with Gasteiger partial charge in [-0.15, -0.1) is 5.10 Å². The van der Waals surface area contributed by atoms with Crippen LogP contribution in [0.3, 0.4) is 0 Å². The highest BCUT2D eigenvalue weighted by atomic mass is 16.2. The van der Waals surface area contributed by atoms with Gasteiger partial charge in [-0.3, -0.25) is 4.79 Å². The number of carbonyl (C=O) groups is 1. The molecule has 1 heterocycles. The molecule has 0 fully saturated rings. The van der Waals surface area contributed by atoms with Crippen LogP contribution >= 0.6 is 0 Å². The lowest BCUT2D eigenvalue weighted by atomic mass is 10.2. The first kappa shape index (κ1) is 18.4. The molecular weight excluding hydrogens is 362 g/mol. The van der Waals surface area contributed by atoms with Crippen molar-refractivity contribution in [3.05, 3.63) is 84.4 Å². The van der Waals surface area contributed by atoms with E-state index in [9.17, 15) is 4.79 Å². The van der Waals surface area contributed by atoms with Gasteiger partial charge in [-0.05, 0) is 24.6 Å². The van der Waals surface area contributed by atoms with E-state index in [0.717, 1.165) is 16.7 Å². The zero-order valence-electron chi connectivity index (χ0n) is 16.0. The second-order valence-corrected chi connectivity index (χ2v) is 6.77. The molecule has 0 bridgehead atoms. The van der Waals surface area contributed by atoms with Crippen molar-refractivity contribution in [1.29, 1.82) is 0 Å². The van der Waals surface area contributed by atoms with E-state index in [4.69, 9.17) is 10.7 Å². The zero-order chi connectivity index (χ0) is 20.2. The van der Waals surface area contributed by atoms with Crippen molar-refractivity contribution in [1.82, 2.24) is 14.8 Å². The minimum Gasteiger partial charge on any atom is -0.399 e. The van der Waals surface area contributed by atoms with Gasteiger partial charge in [0.05, 0.1) is 0 Å². The van der Waals surface area contributed by atoms with Crippen molar-refractivity contribution in [2.45, 2.75) is 13.5 Å². The fraction of sp³-hybridized carbons (Fsp3) is 0.0870. The van der Waals surface area contributed by atoms with Gasteiger partial charge in [-0.1, -0.05) is 66.7 Å². The Morgan fingerprint density at radius 3 is 2.31 bits per heavy atom. The number of nitrogen functional groups attached to an aromatic ring is 1. The van der Waals surface area contributed by atoms with E-state index >= 15 is 0 Å². The molecule has 0 saturated heterocycles. The standard InChI is InChI=1S/C23H21N5O/c1-16-12-13-19(24)14-20(16)25-21(29)15-28-23(18-10-6-3-7-11-18)26-22(27-28)17-8-4-2-5-9-17/h2-14H,15,24H2,1H3,(H,25,29). The summed E-state index contributed by atoms with van der Waals surface area (Å²) in [6.45, 7) is 1.96. The second kappa shape index (κ2) is 7.98. The van der Waals surface area contributed by atoms with Crippen LogP contribution in [0.5, 0.6) is 0 Å². The molecule has 4 aromatic rings. The largest absolute Gasteiger partial charge is 0.399 e. The highest BCUT2D eigenvalue weighted by Crippen LogP contribution is 2.23. The number of hydrogen-bond donors (Lipinski definition) is 2. The van der Waals surface area contributed by atoms with Crippen molar-refractivity contribution >= 4 is 17.3 Å². The maximum atomic E-state index is 12.7. The van der Waals surface area contributed by atoms with E-state index in [2.05, 4.69) is 10.4 Å². The van der Waals surface area contributed by atoms with Gasteiger partial charge in [-0.2, -0.15) is 0 Å². The normalized spacial score (nSPS) is 10.7. The third-order valence-corrected chi connectivity index (χ3v) is 4.56. The van der Waals surface area contributed by atoms with Gasteiger partial charge in [0.15, 0.2) is 11.6 Å². The van der Waals surface area contributed by atoms with Crippen molar-refractivity contribution in [2.24, 2.45) is 0 Å². The van der Waals surface area contributed by atoms with Crippen molar-refractivity contribution in [2.75, 3.05) is 11.1 Å². The molecule has 6 heteroatoms. The smallest absolute Gasteiger partial charge is 0.246 e. The molecule has 4 rings (SSSR count). The van der Waals surface area contributed by atoms with Crippen LogP contribution in [0.2, 0.25) is 0 Å². The Morgan fingerprint density at radius 2 is 1.62 bits per heavy atom. The van der Waals surface area contributed by atoms with E-state index in [1.54, 1.807) is 10.7 Å². The van der Waals surface area contributed by atoms with Crippen LogP contribution in [0.4, 0.5) is 11.4 Å². The average molecular weight is 383 g/mol. The Balaban J connectivity index is 1.66. The third-order valence-electron chi connectivity index (χ3n) is 4.56. The molecular formula is C23H21N5O. The Labute approximate surface area is 169 Å². The lowest BCUT2D eigenvalue weighted by molar-refractivity contribution is -0.116. The number of nitrogens with two attached hydrogens (primary N) is 1. The topological polar surface area (TPSA) is 85.8 Å². The number of aryl methyl sites for hydroxylation is 1. The molecule has 0 atom stereocenters. The number of nitrogens with one attached hydrogen (secondary N) is 1. The number of rotatable bonds is 5. The molecule has 144 valence electrons. The number of amides is 1. The molecule has 29 heavy (non-hydrogen) atoms. The van der Waals surface area contributed by atoms with E-state index in [1.807, 2.05) is 79.7 Å². The van der Waals surface area contributed by atoms with Crippen LogP contribution in [0.25, 0.3) is 22.8 Å². The number of carbonyl (C=O) groups excluding carboxylic acids is 1. The van der Waals surface area contributed by atoms with Crippen LogP contribution in [0, 0.1) is 6.92 Å². The Morgan fingerprint density at radius 1 is 0.966 bits per heavy atom. The summed E-state index contributed by atoms with van der Waals surface area (Å²) in [4.78, 5) is 17.4. The minimum atomic E-state index is -0.194. The molecule has 0 aliphatic carbocycles. The lowest BCUT2D eigenvalue weighted by Crippen LogP contribution is -2.20. The molecule has 0 radical (unpaired) electrons. The average Bonchev–Trinajstić information content (AvgIpc) is 3.15. The number of benzene rings is 3. The van der Waals surface area contributed by atoms with Crippen molar-refractivity contribution in [3.8, 4) is 22.8 Å². The summed E-state index contributed by atoms with van der Waals surface area (Å²) in [7, 11) is 0. The summed E-state index contributed by atoms with van der Waals surface area (Å²) < 4.78 is 1.63. The van der Waals surface area contributed by atoms with Gasteiger partial charge in [0.1, 0.15) is 6.54 Å². The lowest BCUT2D eigenvalue weighted by Gasteiger charge is -2.10. The maximum absolute atomic E-state index is 12.7. The summed E-state index contributed by atoms with van der Waals surface area (Å²) in [5, 5.41) is 7.52. The fourth-order valence-electron chi connectivity index (χ4n) is 3.06. The second-order valence-electron chi connectivity index (χ2n) is 6.77. The van der Waals surface area contributed by atoms with Crippen LogP contribution < -0.4 is 11.1 Å². The van der Waals surface area contributed by atoms with Crippen LogP contribution in [0.1, 0.15) is 5.56 Å². The molecule has 0 aliphatic heterocycles. The SMILES string of the molecule is Cc1ccc(N)cc1NC(=O)Cn1nc(-c2ccccc2)nc1-c1ccccc1. The predicted molar refractivity (Wildman–Crippen MR) is 115 cm³/mol. The highest BCUT2D eigenvalue weighted by Gasteiger charge is 2.16. The molecule has 1 aromatic heterocycles. The third kappa shape index (κ3) is 4.16. The van der Waals surface area contributed by atoms with E-state index in [1.165, 1.54) is 0 Å². The molecule has 6 nitrogen and oxygen atoms in total. The van der Waals surface area contributed by atoms with Crippen LogP contribution in [-0.4, -0.2) is 20.7 Å². The number of hydrogen-bond acceptors (Lipinski definition) is 4. The maximum Gasteiger partial charge on any atom is 0.246 e. The molecule has 1 amide bonds. The zero-order valence-corrected chi connectivity index (χ0v) is 16.0. The Kier molecular flexibility index (Phi) is 5.07. The number of aromatic nitrogens is 3.